The smallest absolute Gasteiger partial charge is 0.309 e. The molecule has 0 fully saturated rings. The standard InChI is InChI=1S/C16H23N3O4.ClH/c1-10(2)15(17)16(22)18-9-13(20)19-12-6-4-11(5-7-12)8-14(21)23-3;/h4-7,10,15H,8-9,17H2,1-3H3,(H,18,22)(H,19,20);1H/t15-;/m0./s1. The Balaban J connectivity index is 0.00000529. The van der Waals surface area contributed by atoms with E-state index in [2.05, 4.69) is 15.4 Å². The summed E-state index contributed by atoms with van der Waals surface area (Å²) in [6.45, 7) is 3.52. The van der Waals surface area contributed by atoms with Crippen molar-refractivity contribution in [2.75, 3.05) is 19.0 Å². The number of nitrogens with two attached hydrogens (primary N) is 1. The number of nitrogens with one attached hydrogen (secondary N) is 2. The normalized spacial score (nSPS) is 11.2. The van der Waals surface area contributed by atoms with Crippen LogP contribution in [0.3, 0.4) is 0 Å². The first-order chi connectivity index (χ1) is 10.8. The largest absolute Gasteiger partial charge is 0.469 e. The molecule has 4 N–H and O–H groups in total. The summed E-state index contributed by atoms with van der Waals surface area (Å²) in [5, 5.41) is 5.14. The summed E-state index contributed by atoms with van der Waals surface area (Å²) in [5.41, 5.74) is 7.04. The SMILES string of the molecule is COC(=O)Cc1ccc(NC(=O)CNC(=O)[C@@H](N)C(C)C)cc1.Cl. The summed E-state index contributed by atoms with van der Waals surface area (Å²) in [4.78, 5) is 34.6. The van der Waals surface area contributed by atoms with Crippen molar-refractivity contribution in [3.05, 3.63) is 29.8 Å². The third-order valence-electron chi connectivity index (χ3n) is 3.26. The highest BCUT2D eigenvalue weighted by molar-refractivity contribution is 5.95. The molecule has 1 atom stereocenters. The Morgan fingerprint density at radius 2 is 1.75 bits per heavy atom. The molecule has 1 aromatic rings. The van der Waals surface area contributed by atoms with E-state index in [0.29, 0.717) is 5.69 Å². The van der Waals surface area contributed by atoms with Gasteiger partial charge in [-0.2, -0.15) is 0 Å². The summed E-state index contributed by atoms with van der Waals surface area (Å²) < 4.78 is 4.58. The van der Waals surface area contributed by atoms with E-state index in [-0.39, 0.29) is 49.1 Å². The predicted molar refractivity (Wildman–Crippen MR) is 93.9 cm³/mol. The van der Waals surface area contributed by atoms with E-state index < -0.39 is 6.04 Å². The van der Waals surface area contributed by atoms with E-state index in [1.165, 1.54) is 7.11 Å². The summed E-state index contributed by atoms with van der Waals surface area (Å²) in [6.07, 6.45) is 0.174. The zero-order chi connectivity index (χ0) is 17.4. The fraction of sp³-hybridized carbons (Fsp3) is 0.438. The van der Waals surface area contributed by atoms with Crippen molar-refractivity contribution in [1.82, 2.24) is 5.32 Å². The molecule has 2 amide bonds. The molecule has 0 spiro atoms. The van der Waals surface area contributed by atoms with Gasteiger partial charge < -0.3 is 21.1 Å². The maximum Gasteiger partial charge on any atom is 0.309 e. The van der Waals surface area contributed by atoms with E-state index in [1.807, 2.05) is 13.8 Å². The molecule has 0 saturated carbocycles. The molecule has 0 saturated heterocycles. The highest BCUT2D eigenvalue weighted by atomic mass is 35.5. The second kappa shape index (κ2) is 10.6. The van der Waals surface area contributed by atoms with Crippen molar-refractivity contribution in [2.24, 2.45) is 11.7 Å². The van der Waals surface area contributed by atoms with Gasteiger partial charge in [0.2, 0.25) is 11.8 Å². The van der Waals surface area contributed by atoms with Crippen LogP contribution in [0.15, 0.2) is 24.3 Å². The number of amides is 2. The molecular formula is C16H24ClN3O4. The summed E-state index contributed by atoms with van der Waals surface area (Å²) in [7, 11) is 1.33. The van der Waals surface area contributed by atoms with E-state index in [9.17, 15) is 14.4 Å². The van der Waals surface area contributed by atoms with Crippen molar-refractivity contribution >= 4 is 35.9 Å². The Kier molecular flexibility index (Phi) is 9.68. The number of methoxy groups -OCH3 is 1. The lowest BCUT2D eigenvalue weighted by atomic mass is 10.1. The number of esters is 1. The van der Waals surface area contributed by atoms with Crippen LogP contribution in [-0.2, 0) is 25.5 Å². The minimum Gasteiger partial charge on any atom is -0.469 e. The molecule has 0 aromatic heterocycles. The van der Waals surface area contributed by atoms with Crippen molar-refractivity contribution in [2.45, 2.75) is 26.3 Å². The fourth-order valence-corrected chi connectivity index (χ4v) is 1.74. The van der Waals surface area contributed by atoms with Crippen LogP contribution in [0.2, 0.25) is 0 Å². The molecule has 134 valence electrons. The predicted octanol–water partition coefficient (Wildman–Crippen LogP) is 0.862. The average Bonchev–Trinajstić information content (AvgIpc) is 2.53. The number of anilines is 1. The van der Waals surface area contributed by atoms with Crippen LogP contribution < -0.4 is 16.4 Å². The molecule has 0 aliphatic heterocycles. The monoisotopic (exact) mass is 357 g/mol. The Labute approximate surface area is 147 Å². The Morgan fingerprint density at radius 1 is 1.17 bits per heavy atom. The van der Waals surface area contributed by atoms with Gasteiger partial charge in [-0.25, -0.2) is 0 Å². The lowest BCUT2D eigenvalue weighted by Crippen LogP contribution is -2.46. The van der Waals surface area contributed by atoms with Crippen molar-refractivity contribution in [3.63, 3.8) is 0 Å². The maximum atomic E-state index is 11.8. The van der Waals surface area contributed by atoms with Crippen molar-refractivity contribution in [1.29, 1.82) is 0 Å². The molecule has 0 bridgehead atoms. The lowest BCUT2D eigenvalue weighted by molar-refractivity contribution is -0.139. The summed E-state index contributed by atoms with van der Waals surface area (Å²) >= 11 is 0. The minimum absolute atomic E-state index is 0. The van der Waals surface area contributed by atoms with Gasteiger partial charge in [0, 0.05) is 5.69 Å². The van der Waals surface area contributed by atoms with Crippen LogP contribution in [0, 0.1) is 5.92 Å². The molecule has 1 rings (SSSR count). The number of halogens is 1. The molecule has 8 heteroatoms. The number of carbonyl (C=O) groups is 3. The third kappa shape index (κ3) is 7.43. The number of carbonyl (C=O) groups excluding carboxylic acids is 3. The van der Waals surface area contributed by atoms with Gasteiger partial charge in [-0.1, -0.05) is 26.0 Å². The van der Waals surface area contributed by atoms with Gasteiger partial charge >= 0.3 is 5.97 Å². The van der Waals surface area contributed by atoms with Crippen LogP contribution in [0.25, 0.3) is 0 Å². The fourth-order valence-electron chi connectivity index (χ4n) is 1.74. The molecule has 0 radical (unpaired) electrons. The minimum atomic E-state index is -0.639. The van der Waals surface area contributed by atoms with Crippen LogP contribution in [0.1, 0.15) is 19.4 Å². The van der Waals surface area contributed by atoms with Crippen molar-refractivity contribution < 1.29 is 19.1 Å². The first-order valence-electron chi connectivity index (χ1n) is 7.32. The average molecular weight is 358 g/mol. The highest BCUT2D eigenvalue weighted by Crippen LogP contribution is 2.10. The van der Waals surface area contributed by atoms with Crippen LogP contribution in [0.4, 0.5) is 5.69 Å². The Hall–Kier alpha value is -2.12. The number of ether oxygens (including phenoxy) is 1. The zero-order valence-electron chi connectivity index (χ0n) is 14.0. The lowest BCUT2D eigenvalue weighted by Gasteiger charge is -2.15. The molecular weight excluding hydrogens is 334 g/mol. The van der Waals surface area contributed by atoms with Crippen LogP contribution >= 0.6 is 12.4 Å². The number of rotatable bonds is 7. The van der Waals surface area contributed by atoms with Gasteiger partial charge in [-0.15, -0.1) is 12.4 Å². The summed E-state index contributed by atoms with van der Waals surface area (Å²) in [5.74, 6) is -1.04. The third-order valence-corrected chi connectivity index (χ3v) is 3.26. The maximum absolute atomic E-state index is 11.8. The molecule has 0 heterocycles. The number of hydrogen-bond acceptors (Lipinski definition) is 5. The molecule has 1 aromatic carbocycles. The van der Waals surface area contributed by atoms with Gasteiger partial charge in [0.15, 0.2) is 0 Å². The van der Waals surface area contributed by atoms with Gasteiger partial charge in [-0.3, -0.25) is 14.4 Å². The van der Waals surface area contributed by atoms with Crippen molar-refractivity contribution in [3.8, 4) is 0 Å². The second-order valence-corrected chi connectivity index (χ2v) is 5.49. The Bertz CT molecular complexity index is 561. The van der Waals surface area contributed by atoms with E-state index >= 15 is 0 Å². The summed E-state index contributed by atoms with van der Waals surface area (Å²) in [6, 6.07) is 6.16. The number of hydrogen-bond donors (Lipinski definition) is 3. The zero-order valence-corrected chi connectivity index (χ0v) is 14.8. The molecule has 0 aliphatic rings. The first kappa shape index (κ1) is 21.9. The Morgan fingerprint density at radius 3 is 2.25 bits per heavy atom. The van der Waals surface area contributed by atoms with Gasteiger partial charge in [-0.05, 0) is 23.6 Å². The van der Waals surface area contributed by atoms with Gasteiger partial charge in [0.05, 0.1) is 26.1 Å². The van der Waals surface area contributed by atoms with Crippen LogP contribution in [-0.4, -0.2) is 37.5 Å². The molecule has 0 aliphatic carbocycles. The molecule has 24 heavy (non-hydrogen) atoms. The van der Waals surface area contributed by atoms with Gasteiger partial charge in [0.25, 0.3) is 0 Å². The van der Waals surface area contributed by atoms with E-state index in [1.54, 1.807) is 24.3 Å². The quantitative estimate of drug-likeness (QED) is 0.627. The van der Waals surface area contributed by atoms with E-state index in [0.717, 1.165) is 5.56 Å². The topological polar surface area (TPSA) is 111 Å². The van der Waals surface area contributed by atoms with Crippen LogP contribution in [0.5, 0.6) is 0 Å². The van der Waals surface area contributed by atoms with Gasteiger partial charge in [0.1, 0.15) is 0 Å². The highest BCUT2D eigenvalue weighted by Gasteiger charge is 2.17. The second-order valence-electron chi connectivity index (χ2n) is 5.49. The first-order valence-corrected chi connectivity index (χ1v) is 7.32. The molecule has 7 nitrogen and oxygen atoms in total. The molecule has 0 unspecified atom stereocenters. The number of benzene rings is 1. The van der Waals surface area contributed by atoms with E-state index in [4.69, 9.17) is 5.73 Å².